The van der Waals surface area contributed by atoms with Gasteiger partial charge in [0.1, 0.15) is 0 Å². The number of hydrogen-bond acceptors (Lipinski definition) is 3. The first-order valence-corrected chi connectivity index (χ1v) is 16.1. The maximum Gasteiger partial charge on any atom is 0.460 e. The van der Waals surface area contributed by atoms with Crippen molar-refractivity contribution in [1.82, 2.24) is 0 Å². The lowest BCUT2D eigenvalue weighted by Crippen LogP contribution is -2.74. The molecule has 0 fully saturated rings. The van der Waals surface area contributed by atoms with Gasteiger partial charge in [-0.15, -0.1) is 0 Å². The molecule has 21 heteroatoms. The topological polar surface area (TPSA) is 35.5 Å². The molecule has 47 heavy (non-hydrogen) atoms. The molecule has 0 rings (SSSR count). The third-order valence-corrected chi connectivity index (χ3v) is 13.4. The lowest BCUT2D eigenvalue weighted by molar-refractivity contribution is -0.461. The molecule has 0 aromatic rings. The van der Waals surface area contributed by atoms with Gasteiger partial charge in [0.05, 0.1) is 6.61 Å². The van der Waals surface area contributed by atoms with Crippen molar-refractivity contribution in [3.8, 4) is 0 Å². The molecule has 0 unspecified atom stereocenters. The van der Waals surface area contributed by atoms with Gasteiger partial charge in [0.15, 0.2) is 8.32 Å². The molecule has 3 nitrogen and oxygen atoms in total. The van der Waals surface area contributed by atoms with Crippen molar-refractivity contribution < 1.29 is 88.6 Å². The van der Waals surface area contributed by atoms with Crippen molar-refractivity contribution in [3.63, 3.8) is 0 Å². The highest BCUT2D eigenvalue weighted by Crippen LogP contribution is 2.64. The SMILES string of the molecule is CCOC(=O)/C(C)=C/[C@@H](CC)CO[Si](CCC(F)(F)C(F)(F)C(F)(F)C(F)(F)C(F)(F)C(F)(F)C(F)(F)C(F)(F)F)(C(C)C)C(C)C. The molecule has 0 aromatic carbocycles. The summed E-state index contributed by atoms with van der Waals surface area (Å²) in [5, 5.41) is 0. The second-order valence-corrected chi connectivity index (χ2v) is 16.5. The van der Waals surface area contributed by atoms with Crippen molar-refractivity contribution in [1.29, 1.82) is 0 Å². The molecule has 280 valence electrons. The summed E-state index contributed by atoms with van der Waals surface area (Å²) >= 11 is 0. The normalized spacial score (nSPS) is 16.3. The monoisotopic (exact) mass is 746 g/mol. The molecule has 0 saturated heterocycles. The predicted molar refractivity (Wildman–Crippen MR) is 136 cm³/mol. The van der Waals surface area contributed by atoms with E-state index in [4.69, 9.17) is 9.16 Å². The lowest BCUT2D eigenvalue weighted by Gasteiger charge is -2.44. The third-order valence-electron chi connectivity index (χ3n) is 7.74. The summed E-state index contributed by atoms with van der Waals surface area (Å²) in [4.78, 5) is 11.9. The van der Waals surface area contributed by atoms with E-state index in [1.165, 1.54) is 47.6 Å². The van der Waals surface area contributed by atoms with Gasteiger partial charge in [0, 0.05) is 18.6 Å². The number of hydrogen-bond donors (Lipinski definition) is 0. The Morgan fingerprint density at radius 1 is 0.660 bits per heavy atom. The van der Waals surface area contributed by atoms with Crippen LogP contribution in [0.5, 0.6) is 0 Å². The highest BCUT2D eigenvalue weighted by molar-refractivity contribution is 6.76. The van der Waals surface area contributed by atoms with Gasteiger partial charge in [0.2, 0.25) is 0 Å². The van der Waals surface area contributed by atoms with E-state index in [1.807, 2.05) is 0 Å². The number of rotatable bonds is 18. The van der Waals surface area contributed by atoms with E-state index in [1.54, 1.807) is 6.92 Å². The molecule has 0 N–H and O–H groups in total. The van der Waals surface area contributed by atoms with Crippen LogP contribution < -0.4 is 0 Å². The Morgan fingerprint density at radius 3 is 1.38 bits per heavy atom. The highest BCUT2D eigenvalue weighted by Gasteiger charge is 2.95. The minimum absolute atomic E-state index is 0.0119. The van der Waals surface area contributed by atoms with E-state index in [0.29, 0.717) is 0 Å². The van der Waals surface area contributed by atoms with Gasteiger partial charge < -0.3 is 9.16 Å². The maximum atomic E-state index is 14.8. The molecule has 0 heterocycles. The summed E-state index contributed by atoms with van der Waals surface area (Å²) in [6, 6.07) is -1.28. The molecular formula is C26H35F17O3Si. The van der Waals surface area contributed by atoms with Crippen molar-refractivity contribution >= 4 is 14.3 Å². The molecule has 1 atom stereocenters. The standard InChI is InChI=1S/C26H35F17O3Si/c1-8-17(12-16(7)18(44)45-9-2)13-46-47(14(3)4,15(5)6)11-10-19(27,28)20(29,30)21(31,32)22(33,34)23(35,36)24(37,38)25(39,40)26(41,42)43/h12,14-15,17H,8-11,13H2,1-7H3/b16-12+/t17-/m1/s1. The minimum atomic E-state index is -8.66. The number of carbonyl (C=O) groups is 1. The Morgan fingerprint density at radius 2 is 1.04 bits per heavy atom. The quantitative estimate of drug-likeness (QED) is 0.0607. The zero-order chi connectivity index (χ0) is 38.0. The fourth-order valence-electron chi connectivity index (χ4n) is 4.57. The largest absolute Gasteiger partial charge is 0.463 e. The van der Waals surface area contributed by atoms with Crippen LogP contribution in [-0.2, 0) is 14.0 Å². The van der Waals surface area contributed by atoms with Crippen molar-refractivity contribution in [2.45, 2.75) is 126 Å². The first-order chi connectivity index (χ1) is 20.6. The van der Waals surface area contributed by atoms with Crippen molar-refractivity contribution in [2.75, 3.05) is 13.2 Å². The van der Waals surface area contributed by atoms with Crippen LogP contribution in [0.25, 0.3) is 0 Å². The first kappa shape index (κ1) is 45.2. The number of ether oxygens (including phenoxy) is 1. The van der Waals surface area contributed by atoms with Gasteiger partial charge in [-0.05, 0) is 43.3 Å². The van der Waals surface area contributed by atoms with E-state index in [-0.39, 0.29) is 25.2 Å². The number of carbonyl (C=O) groups excluding carboxylic acids is 1. The van der Waals surface area contributed by atoms with Gasteiger partial charge in [0.25, 0.3) is 0 Å². The molecule has 0 aliphatic heterocycles. The van der Waals surface area contributed by atoms with Crippen LogP contribution in [0.15, 0.2) is 11.6 Å². The average Bonchev–Trinajstić information content (AvgIpc) is 2.90. The third kappa shape index (κ3) is 8.00. The van der Waals surface area contributed by atoms with E-state index in [9.17, 15) is 79.4 Å². The molecule has 0 amide bonds. The summed E-state index contributed by atoms with van der Waals surface area (Å²) in [6.07, 6.45) is -8.71. The summed E-state index contributed by atoms with van der Waals surface area (Å²) < 4.78 is 244. The van der Waals surface area contributed by atoms with Crippen molar-refractivity contribution in [2.24, 2.45) is 5.92 Å². The van der Waals surface area contributed by atoms with Gasteiger partial charge in [-0.25, -0.2) is 4.79 Å². The number of halogens is 17. The molecule has 0 aliphatic carbocycles. The smallest absolute Gasteiger partial charge is 0.460 e. The first-order valence-electron chi connectivity index (χ1n) is 13.8. The second kappa shape index (κ2) is 14.6. The van der Waals surface area contributed by atoms with Crippen LogP contribution >= 0.6 is 0 Å². The van der Waals surface area contributed by atoms with E-state index in [0.717, 1.165) is 0 Å². The minimum Gasteiger partial charge on any atom is -0.463 e. The Bertz CT molecular complexity index is 1080. The summed E-state index contributed by atoms with van der Waals surface area (Å²) in [5.41, 5.74) is -1.56. The number of esters is 1. The Balaban J connectivity index is 6.67. The van der Waals surface area contributed by atoms with Crippen LogP contribution in [0.1, 0.15) is 61.3 Å². The summed E-state index contributed by atoms with van der Waals surface area (Å²) in [6.45, 7) is 9.48. The molecule has 0 spiro atoms. The van der Waals surface area contributed by atoms with Gasteiger partial charge in [-0.2, -0.15) is 74.6 Å². The number of alkyl halides is 17. The maximum absolute atomic E-state index is 14.8. The van der Waals surface area contributed by atoms with Crippen LogP contribution in [0, 0.1) is 5.92 Å². The molecule has 0 aromatic heterocycles. The summed E-state index contributed by atoms with van der Waals surface area (Å²) in [5.74, 6) is -57.9. The van der Waals surface area contributed by atoms with Gasteiger partial charge in [-0.3, -0.25) is 0 Å². The zero-order valence-electron chi connectivity index (χ0n) is 26.0. The average molecular weight is 747 g/mol. The Hall–Kier alpha value is -1.80. The predicted octanol–water partition coefficient (Wildman–Crippen LogP) is 10.7. The molecule has 0 bridgehead atoms. The molecular weight excluding hydrogens is 711 g/mol. The molecule has 0 saturated carbocycles. The van der Waals surface area contributed by atoms with E-state index < -0.39 is 91.4 Å². The fourth-order valence-corrected chi connectivity index (χ4v) is 9.10. The zero-order valence-corrected chi connectivity index (χ0v) is 27.0. The Labute approximate surface area is 260 Å². The van der Waals surface area contributed by atoms with E-state index in [2.05, 4.69) is 0 Å². The van der Waals surface area contributed by atoms with E-state index >= 15 is 0 Å². The second-order valence-electron chi connectivity index (χ2n) is 11.5. The summed E-state index contributed by atoms with van der Waals surface area (Å²) in [7, 11) is -3.91. The lowest BCUT2D eigenvalue weighted by atomic mass is 9.88. The molecule has 0 aliphatic rings. The van der Waals surface area contributed by atoms with Crippen LogP contribution in [-0.4, -0.2) is 75.1 Å². The van der Waals surface area contributed by atoms with Crippen LogP contribution in [0.3, 0.4) is 0 Å². The van der Waals surface area contributed by atoms with Crippen molar-refractivity contribution in [3.05, 3.63) is 11.6 Å². The van der Waals surface area contributed by atoms with Gasteiger partial charge in [-0.1, -0.05) is 40.7 Å². The fraction of sp³-hybridized carbons (Fsp3) is 0.885. The highest BCUT2D eigenvalue weighted by atomic mass is 28.4. The molecule has 0 radical (unpaired) electrons. The van der Waals surface area contributed by atoms with Crippen LogP contribution in [0.4, 0.5) is 74.6 Å². The van der Waals surface area contributed by atoms with Gasteiger partial charge >= 0.3 is 53.6 Å². The van der Waals surface area contributed by atoms with Crippen LogP contribution in [0.2, 0.25) is 17.1 Å². The Kier molecular flexibility index (Phi) is 14.0.